The molecule has 0 N–H and O–H groups in total. The van der Waals surface area contributed by atoms with Crippen molar-refractivity contribution in [3.05, 3.63) is 65.9 Å². The molecule has 0 aliphatic rings. The van der Waals surface area contributed by atoms with Crippen LogP contribution in [0.1, 0.15) is 35.7 Å². The second kappa shape index (κ2) is 7.33. The van der Waals surface area contributed by atoms with Crippen LogP contribution in [0.4, 0.5) is 0 Å². The lowest BCUT2D eigenvalue weighted by molar-refractivity contribution is 0.0502. The van der Waals surface area contributed by atoms with Gasteiger partial charge in [0.15, 0.2) is 0 Å². The molecule has 0 amide bonds. The summed E-state index contributed by atoms with van der Waals surface area (Å²) < 4.78 is 32.6. The molecule has 26 heavy (non-hydrogen) atoms. The van der Waals surface area contributed by atoms with Gasteiger partial charge in [-0.05, 0) is 31.5 Å². The summed E-state index contributed by atoms with van der Waals surface area (Å²) in [4.78, 5) is 12.6. The lowest BCUT2D eigenvalue weighted by Crippen LogP contribution is -2.12. The van der Waals surface area contributed by atoms with Crippen LogP contribution < -0.4 is 0 Å². The highest BCUT2D eigenvalue weighted by atomic mass is 32.2. The van der Waals surface area contributed by atoms with Gasteiger partial charge in [-0.15, -0.1) is 0 Å². The quantitative estimate of drug-likeness (QED) is 0.482. The molecule has 1 heterocycles. The Morgan fingerprint density at radius 1 is 1.08 bits per heavy atom. The molecule has 2 aromatic carbocycles. The predicted molar refractivity (Wildman–Crippen MR) is 101 cm³/mol. The van der Waals surface area contributed by atoms with E-state index >= 15 is 0 Å². The fraction of sp³-hybridized carbons (Fsp3) is 0.250. The van der Waals surface area contributed by atoms with Crippen molar-refractivity contribution < 1.29 is 17.9 Å². The standard InChI is InChI=1S/C20H21NO4S/c1-3-4-13-25-20(22)18-14-21(19-8-6-5-7-17(18)19)26(23,24)16-11-9-15(2)10-12-16/h5-12,14H,3-4,13H2,1-2H3. The van der Waals surface area contributed by atoms with Gasteiger partial charge in [-0.3, -0.25) is 0 Å². The number of hydrogen-bond donors (Lipinski definition) is 0. The van der Waals surface area contributed by atoms with Crippen LogP contribution in [-0.2, 0) is 14.8 Å². The number of unbranched alkanes of at least 4 members (excludes halogenated alkanes) is 1. The number of para-hydroxylation sites is 1. The van der Waals surface area contributed by atoms with Gasteiger partial charge in [0.2, 0.25) is 0 Å². The second-order valence-electron chi connectivity index (χ2n) is 6.16. The highest BCUT2D eigenvalue weighted by Crippen LogP contribution is 2.26. The van der Waals surface area contributed by atoms with Crippen molar-refractivity contribution in [3.63, 3.8) is 0 Å². The summed E-state index contributed by atoms with van der Waals surface area (Å²) in [5, 5.41) is 0.560. The van der Waals surface area contributed by atoms with Crippen LogP contribution in [0.25, 0.3) is 10.9 Å². The number of ether oxygens (including phenoxy) is 1. The van der Waals surface area contributed by atoms with Crippen LogP contribution in [0.15, 0.2) is 59.6 Å². The molecule has 5 nitrogen and oxygen atoms in total. The summed E-state index contributed by atoms with van der Waals surface area (Å²) >= 11 is 0. The van der Waals surface area contributed by atoms with E-state index in [4.69, 9.17) is 4.74 Å². The molecule has 0 fully saturated rings. The van der Waals surface area contributed by atoms with E-state index in [2.05, 4.69) is 0 Å². The number of carbonyl (C=O) groups excluding carboxylic acids is 1. The lowest BCUT2D eigenvalue weighted by Gasteiger charge is -2.07. The molecule has 0 atom stereocenters. The van der Waals surface area contributed by atoms with Crippen molar-refractivity contribution in [2.45, 2.75) is 31.6 Å². The first-order valence-corrected chi connectivity index (χ1v) is 9.98. The Balaban J connectivity index is 2.09. The first kappa shape index (κ1) is 18.2. The zero-order chi connectivity index (χ0) is 18.7. The van der Waals surface area contributed by atoms with Gasteiger partial charge in [-0.1, -0.05) is 49.2 Å². The molecule has 3 rings (SSSR count). The Kier molecular flexibility index (Phi) is 5.13. The highest BCUT2D eigenvalue weighted by molar-refractivity contribution is 7.90. The third-order valence-corrected chi connectivity index (χ3v) is 5.89. The van der Waals surface area contributed by atoms with E-state index in [1.807, 2.05) is 13.8 Å². The number of nitrogens with zero attached hydrogens (tertiary/aromatic N) is 1. The van der Waals surface area contributed by atoms with Crippen molar-refractivity contribution in [1.29, 1.82) is 0 Å². The molecule has 0 aliphatic carbocycles. The van der Waals surface area contributed by atoms with Crippen LogP contribution >= 0.6 is 0 Å². The van der Waals surface area contributed by atoms with Gasteiger partial charge in [0.1, 0.15) is 0 Å². The zero-order valence-corrected chi connectivity index (χ0v) is 15.6. The SMILES string of the molecule is CCCCOC(=O)c1cn(S(=O)(=O)c2ccc(C)cc2)c2ccccc12. The molecule has 3 aromatic rings. The maximum Gasteiger partial charge on any atom is 0.340 e. The zero-order valence-electron chi connectivity index (χ0n) is 14.8. The van der Waals surface area contributed by atoms with Crippen molar-refractivity contribution in [1.82, 2.24) is 3.97 Å². The average molecular weight is 371 g/mol. The average Bonchev–Trinajstić information content (AvgIpc) is 3.03. The van der Waals surface area contributed by atoms with E-state index in [9.17, 15) is 13.2 Å². The highest BCUT2D eigenvalue weighted by Gasteiger charge is 2.24. The van der Waals surface area contributed by atoms with Gasteiger partial charge in [-0.2, -0.15) is 0 Å². The molecule has 136 valence electrons. The summed E-state index contributed by atoms with van der Waals surface area (Å²) in [7, 11) is -3.81. The number of rotatable bonds is 6. The van der Waals surface area contributed by atoms with Gasteiger partial charge in [0.25, 0.3) is 10.0 Å². The number of fused-ring (bicyclic) bond motifs is 1. The van der Waals surface area contributed by atoms with Crippen molar-refractivity contribution in [2.75, 3.05) is 6.61 Å². The minimum absolute atomic E-state index is 0.176. The number of aromatic nitrogens is 1. The molecule has 0 aliphatic heterocycles. The minimum Gasteiger partial charge on any atom is -0.462 e. The molecule has 0 saturated carbocycles. The Morgan fingerprint density at radius 2 is 1.77 bits per heavy atom. The Bertz CT molecular complexity index is 1030. The predicted octanol–water partition coefficient (Wildman–Crippen LogP) is 4.14. The van der Waals surface area contributed by atoms with Crippen molar-refractivity contribution in [3.8, 4) is 0 Å². The topological polar surface area (TPSA) is 65.4 Å². The first-order valence-electron chi connectivity index (χ1n) is 8.54. The normalized spacial score (nSPS) is 11.6. The third kappa shape index (κ3) is 3.37. The first-order chi connectivity index (χ1) is 12.4. The lowest BCUT2D eigenvalue weighted by atomic mass is 10.2. The molecule has 0 unspecified atom stereocenters. The van der Waals surface area contributed by atoms with E-state index in [-0.39, 0.29) is 10.5 Å². The Morgan fingerprint density at radius 3 is 2.46 bits per heavy atom. The van der Waals surface area contributed by atoms with Crippen molar-refractivity contribution in [2.24, 2.45) is 0 Å². The Labute approximate surface area is 153 Å². The van der Waals surface area contributed by atoms with Crippen LogP contribution in [0.2, 0.25) is 0 Å². The summed E-state index contributed by atoms with van der Waals surface area (Å²) in [5.41, 5.74) is 1.68. The molecule has 1 aromatic heterocycles. The molecule has 0 spiro atoms. The maximum absolute atomic E-state index is 13.1. The van der Waals surface area contributed by atoms with Gasteiger partial charge in [-0.25, -0.2) is 17.2 Å². The minimum atomic E-state index is -3.81. The summed E-state index contributed by atoms with van der Waals surface area (Å²) in [6, 6.07) is 13.6. The summed E-state index contributed by atoms with van der Waals surface area (Å²) in [6.07, 6.45) is 3.04. The molecule has 0 radical (unpaired) electrons. The van der Waals surface area contributed by atoms with Gasteiger partial charge < -0.3 is 4.74 Å². The fourth-order valence-corrected chi connectivity index (χ4v) is 4.09. The summed E-state index contributed by atoms with van der Waals surface area (Å²) in [5.74, 6) is -0.507. The smallest absolute Gasteiger partial charge is 0.340 e. The number of esters is 1. The van der Waals surface area contributed by atoms with E-state index in [1.54, 1.807) is 48.5 Å². The van der Waals surface area contributed by atoms with E-state index in [1.165, 1.54) is 6.20 Å². The molecule has 6 heteroatoms. The number of hydrogen-bond acceptors (Lipinski definition) is 4. The van der Waals surface area contributed by atoms with Crippen LogP contribution in [0, 0.1) is 6.92 Å². The van der Waals surface area contributed by atoms with E-state index in [0.29, 0.717) is 17.5 Å². The van der Waals surface area contributed by atoms with Crippen LogP contribution in [-0.4, -0.2) is 25.0 Å². The number of benzene rings is 2. The van der Waals surface area contributed by atoms with Gasteiger partial charge in [0.05, 0.1) is 22.6 Å². The Hall–Kier alpha value is -2.60. The van der Waals surface area contributed by atoms with Gasteiger partial charge >= 0.3 is 5.97 Å². The maximum atomic E-state index is 13.1. The van der Waals surface area contributed by atoms with E-state index < -0.39 is 16.0 Å². The monoisotopic (exact) mass is 371 g/mol. The molecular formula is C20H21NO4S. The third-order valence-electron chi connectivity index (χ3n) is 4.21. The second-order valence-corrected chi connectivity index (χ2v) is 7.98. The number of aryl methyl sites for hydroxylation is 1. The fourth-order valence-electron chi connectivity index (χ4n) is 2.72. The van der Waals surface area contributed by atoms with Crippen molar-refractivity contribution >= 4 is 26.9 Å². The molecule has 0 bridgehead atoms. The summed E-state index contributed by atoms with van der Waals surface area (Å²) in [6.45, 7) is 4.22. The largest absolute Gasteiger partial charge is 0.462 e. The van der Waals surface area contributed by atoms with E-state index in [0.717, 1.165) is 22.4 Å². The van der Waals surface area contributed by atoms with Crippen LogP contribution in [0.3, 0.4) is 0 Å². The van der Waals surface area contributed by atoms with Crippen LogP contribution in [0.5, 0.6) is 0 Å². The molecular weight excluding hydrogens is 350 g/mol. The molecule has 0 saturated heterocycles. The number of carbonyl (C=O) groups is 1. The van der Waals surface area contributed by atoms with Gasteiger partial charge in [0, 0.05) is 11.6 Å².